The first-order valence-corrected chi connectivity index (χ1v) is 53.2. The molecule has 10 nitrogen and oxygen atoms in total. The summed E-state index contributed by atoms with van der Waals surface area (Å²) in [6.45, 7) is 6.77. The largest absolute Gasteiger partial charge is 0.458 e. The van der Waals surface area contributed by atoms with Crippen LogP contribution in [0.2, 0.25) is 0 Å². The Kier molecular flexibility index (Phi) is 22.6. The molecule has 0 aromatic heterocycles. The maximum Gasteiger partial charge on any atom is 0.338 e. The van der Waals surface area contributed by atoms with E-state index in [1.165, 1.54) is 13.8 Å². The fraction of sp³-hybridized carbons (Fsp3) is 0.613. The minimum Gasteiger partial charge on any atom is -0.458 e. The summed E-state index contributed by atoms with van der Waals surface area (Å²) in [5.41, 5.74) is -2.01. The van der Waals surface area contributed by atoms with Gasteiger partial charge in [-0.25, -0.2) is 4.79 Å². The van der Waals surface area contributed by atoms with E-state index in [9.17, 15) is 14.4 Å². The second-order valence-corrected chi connectivity index (χ2v) is 87.7. The first-order chi connectivity index (χ1) is 28.3. The van der Waals surface area contributed by atoms with E-state index in [0.717, 1.165) is 5.57 Å². The number of hydrogen-bond donors (Lipinski definition) is 0. The third kappa shape index (κ3) is 12.3. The number of ketones is 1. The maximum atomic E-state index is 16.0. The van der Waals surface area contributed by atoms with Crippen LogP contribution in [0.3, 0.4) is 0 Å². The molecule has 342 valence electrons. The second kappa shape index (κ2) is 24.0. The minimum atomic E-state index is -1.40. The van der Waals surface area contributed by atoms with Gasteiger partial charge in [-0.3, -0.25) is 14.4 Å². The lowest BCUT2D eigenvalue weighted by atomic mass is 9.45. The van der Waals surface area contributed by atoms with Crippen molar-refractivity contribution in [3.63, 3.8) is 0 Å². The van der Waals surface area contributed by atoms with Gasteiger partial charge in [0.2, 0.25) is 5.78 Å². The highest BCUT2D eigenvalue weighted by Crippen LogP contribution is 3.21. The molecule has 15 unspecified atom stereocenters. The van der Waals surface area contributed by atoms with E-state index < -0.39 is 141 Å². The van der Waals surface area contributed by atoms with Crippen molar-refractivity contribution in [3.05, 3.63) is 47.0 Å². The molecule has 3 aliphatic carbocycles. The van der Waals surface area contributed by atoms with Gasteiger partial charge in [0.05, 0.1) is 45.3 Å². The Morgan fingerprint density at radius 2 is 1.33 bits per heavy atom. The van der Waals surface area contributed by atoms with Gasteiger partial charge in [0, 0.05) is 44.2 Å². The monoisotopic (exact) mass is 1210 g/mol. The van der Waals surface area contributed by atoms with Gasteiger partial charge >= 0.3 is 17.9 Å². The topological polar surface area (TPSA) is 124 Å². The predicted molar refractivity (Wildman–Crippen MR) is 310 cm³/mol. The smallest absolute Gasteiger partial charge is 0.338 e. The molecule has 0 spiro atoms. The van der Waals surface area contributed by atoms with Gasteiger partial charge in [0.25, 0.3) is 0 Å². The van der Waals surface area contributed by atoms with Gasteiger partial charge in [-0.15, -0.1) is 89.3 Å². The molecule has 3 fully saturated rings. The summed E-state index contributed by atoms with van der Waals surface area (Å²) in [6, 6.07) is 8.84. The van der Waals surface area contributed by atoms with Crippen LogP contribution in [0.4, 0.5) is 0 Å². The van der Waals surface area contributed by atoms with E-state index in [0.29, 0.717) is 17.6 Å². The van der Waals surface area contributed by atoms with Crippen molar-refractivity contribution in [2.24, 2.45) is 22.7 Å². The normalized spacial score (nSPS) is 32.1. The van der Waals surface area contributed by atoms with Crippen LogP contribution in [0.15, 0.2) is 41.5 Å². The van der Waals surface area contributed by atoms with Gasteiger partial charge < -0.3 is 28.0 Å². The molecule has 2 saturated carbocycles. The van der Waals surface area contributed by atoms with Crippen molar-refractivity contribution < 1.29 is 47.2 Å². The van der Waals surface area contributed by atoms with Crippen LogP contribution in [0, 0.1) is 22.7 Å². The van der Waals surface area contributed by atoms with Crippen LogP contribution in [0.25, 0.3) is 0 Å². The Morgan fingerprint density at radius 1 is 0.754 bits per heavy atom. The van der Waals surface area contributed by atoms with Crippen LogP contribution >= 0.6 is 162 Å². The summed E-state index contributed by atoms with van der Waals surface area (Å²) in [5.74, 6) is -3.50. The molecule has 5 rings (SSSR count). The van der Waals surface area contributed by atoms with Crippen molar-refractivity contribution >= 4 is 186 Å². The zero-order valence-corrected chi connectivity index (χ0v) is 55.3. The average Bonchev–Trinajstić information content (AvgIpc) is 3.13. The molecule has 0 amide bonds. The van der Waals surface area contributed by atoms with Crippen LogP contribution in [0.1, 0.15) is 64.7 Å². The Hall–Kier alpha value is 5.52. The minimum absolute atomic E-state index is 0.00476. The fourth-order valence-electron chi connectivity index (χ4n) is 9.38. The summed E-state index contributed by atoms with van der Waals surface area (Å²) < 4.78 is 40.8. The number of hydrogen-bond acceptors (Lipinski definition) is 10. The fourth-order valence-corrected chi connectivity index (χ4v) is 172. The van der Waals surface area contributed by atoms with E-state index in [-0.39, 0.29) is 18.8 Å². The molecule has 4 aliphatic rings. The van der Waals surface area contributed by atoms with Crippen molar-refractivity contribution in [2.45, 2.75) is 90.5 Å². The molecule has 0 N–H and O–H groups in total. The Balaban J connectivity index is 1.84. The number of rotatable bonds is 15. The van der Waals surface area contributed by atoms with E-state index >= 15 is 4.79 Å². The number of fused-ring (bicyclic) bond motifs is 5. The number of esters is 3. The summed E-state index contributed by atoms with van der Waals surface area (Å²) in [6.07, 6.45) is -3.62. The number of Topliss-reactive ketones (excluding diaryl/α,β-unsaturated/α-hetero) is 1. The van der Waals surface area contributed by atoms with Crippen LogP contribution < -0.4 is 0 Å². The van der Waals surface area contributed by atoms with Gasteiger partial charge in [0.1, 0.15) is 12.2 Å². The van der Waals surface area contributed by atoms with E-state index in [1.807, 2.05) is 33.8 Å². The highest BCUT2D eigenvalue weighted by Gasteiger charge is 2.76. The zero-order chi connectivity index (χ0) is 45.7. The number of ether oxygens (including phenoxy) is 4. The molecule has 2 bridgehead atoms. The van der Waals surface area contributed by atoms with E-state index in [4.69, 9.17) is 28.0 Å². The lowest BCUT2D eigenvalue weighted by molar-refractivity contribution is -0.345. The van der Waals surface area contributed by atoms with Gasteiger partial charge in [0.15, 0.2) is 11.7 Å². The third-order valence-electron chi connectivity index (χ3n) is 11.7. The van der Waals surface area contributed by atoms with Crippen molar-refractivity contribution in [3.8, 4) is 0 Å². The van der Waals surface area contributed by atoms with E-state index in [1.54, 1.807) is 24.3 Å². The predicted octanol–water partition coefficient (Wildman–Crippen LogP) is 14.8. The highest BCUT2D eigenvalue weighted by atomic mass is 33.3. The summed E-state index contributed by atoms with van der Waals surface area (Å²) in [7, 11) is 30.9. The lowest BCUT2D eigenvalue weighted by Crippen LogP contribution is -2.80. The molecule has 30 heteroatoms. The zero-order valence-electron chi connectivity index (χ0n) is 34.5. The SMILES string of the molecule is CC(=O)O[C@@H]1C(=O)C2=C(C)[C@@H](OP(P)P(P(P)P)P(P(P)P)P(P)P)CC([C@@H](OC(=O)c3ccccc3)C3[C@@]1(C)[C@@H](OP(P(P)P)P(P)P)C[C@H]1OC[C@@]31OC(C)=O)C2(C)C. The third-order valence-corrected chi connectivity index (χ3v) is 108. The van der Waals surface area contributed by atoms with Gasteiger partial charge in [-0.05, 0) is 78.4 Å². The molecular formula is C31H58O10P20. The molecule has 0 radical (unpaired) electrons. The number of carbonyl (C=O) groups is 4. The number of benzene rings is 1. The quantitative estimate of drug-likeness (QED) is 0.0952. The first-order valence-electron chi connectivity index (χ1n) is 18.6. The Labute approximate surface area is 397 Å². The van der Waals surface area contributed by atoms with Crippen LogP contribution in [0.5, 0.6) is 0 Å². The van der Waals surface area contributed by atoms with Crippen molar-refractivity contribution in [2.75, 3.05) is 6.61 Å². The standard InChI is InChI=1S/C31H58O10P20/c1-15-20(40-53(42)60(57(47)48)61(58(49)50)59(51)52)12-19-25(38-28(35)18-10-8-7-9-11-18)26-30(6,27(37-16(2)32)24(34)23(15)29(19,4)5)21(41-54(55(43)44)56(45)46)13-22-31(26,14-36-22)39-17(3)33/h7-11,19-22,25-27H,12-14,42-52H2,1-6H3/t19?,20-,21-,22+,25+,26?,27+,30+,31-,53?,60?/m0/s1. The summed E-state index contributed by atoms with van der Waals surface area (Å²) in [5, 5.41) is 0. The molecule has 1 aromatic carbocycles. The molecule has 22 atom stereocenters. The summed E-state index contributed by atoms with van der Waals surface area (Å²) >= 11 is 0. The van der Waals surface area contributed by atoms with Crippen LogP contribution in [-0.2, 0) is 42.4 Å². The molecule has 61 heavy (non-hydrogen) atoms. The molecule has 1 aliphatic heterocycles. The average molecular weight is 1210 g/mol. The second-order valence-electron chi connectivity index (χ2n) is 15.8. The lowest BCUT2D eigenvalue weighted by Gasteiger charge is -2.67. The van der Waals surface area contributed by atoms with E-state index in [2.05, 4.69) is 98.2 Å². The highest BCUT2D eigenvalue weighted by molar-refractivity contribution is 9.24. The Morgan fingerprint density at radius 3 is 1.80 bits per heavy atom. The molecular weight excluding hydrogens is 1150 g/mol. The number of carbonyl (C=O) groups excluding carboxylic acids is 4. The molecule has 1 aromatic rings. The first kappa shape index (κ1) is 57.4. The molecule has 1 heterocycles. The van der Waals surface area contributed by atoms with Crippen LogP contribution in [-0.4, -0.2) is 66.4 Å². The van der Waals surface area contributed by atoms with Gasteiger partial charge in [-0.1, -0.05) is 47.9 Å². The summed E-state index contributed by atoms with van der Waals surface area (Å²) in [4.78, 5) is 57.5. The maximum absolute atomic E-state index is 16.0. The van der Waals surface area contributed by atoms with Crippen molar-refractivity contribution in [1.82, 2.24) is 0 Å². The van der Waals surface area contributed by atoms with Gasteiger partial charge in [-0.2, -0.15) is 0 Å². The molecule has 1 saturated heterocycles. The van der Waals surface area contributed by atoms with Crippen molar-refractivity contribution in [1.29, 1.82) is 0 Å². The Bertz CT molecular complexity index is 1810.